The van der Waals surface area contributed by atoms with Gasteiger partial charge in [-0.1, -0.05) is 63.6 Å². The fourth-order valence-corrected chi connectivity index (χ4v) is 3.51. The number of hydrogen-bond acceptors (Lipinski definition) is 5. The Kier molecular flexibility index (Phi) is 4.60. The summed E-state index contributed by atoms with van der Waals surface area (Å²) >= 11 is 3.34. The van der Waals surface area contributed by atoms with Gasteiger partial charge in [0.2, 0.25) is 0 Å². The molecule has 7 heteroatoms. The molecule has 3 aromatic rings. The van der Waals surface area contributed by atoms with Crippen molar-refractivity contribution in [2.45, 2.75) is 13.0 Å². The van der Waals surface area contributed by atoms with Gasteiger partial charge < -0.3 is 9.63 Å². The number of carbonyl (C=O) groups is 2. The van der Waals surface area contributed by atoms with E-state index in [1.165, 1.54) is 4.90 Å². The summed E-state index contributed by atoms with van der Waals surface area (Å²) in [7, 11) is 0. The third-order valence-electron chi connectivity index (χ3n) is 4.54. The van der Waals surface area contributed by atoms with Crippen LogP contribution < -0.4 is 4.90 Å². The number of hydrogen-bond donors (Lipinski definition) is 1. The molecule has 2 aromatic carbocycles. The van der Waals surface area contributed by atoms with Crippen LogP contribution in [0.25, 0.3) is 5.76 Å². The maximum absolute atomic E-state index is 12.9. The fourth-order valence-electron chi connectivity index (χ4n) is 3.25. The van der Waals surface area contributed by atoms with Crippen LogP contribution in [0, 0.1) is 6.92 Å². The van der Waals surface area contributed by atoms with E-state index >= 15 is 0 Å². The first-order chi connectivity index (χ1) is 13.5. The summed E-state index contributed by atoms with van der Waals surface area (Å²) in [5.41, 5.74) is 1.14. The lowest BCUT2D eigenvalue weighted by molar-refractivity contribution is -0.132. The van der Waals surface area contributed by atoms with Crippen molar-refractivity contribution in [2.24, 2.45) is 0 Å². The van der Waals surface area contributed by atoms with Crippen molar-refractivity contribution in [1.82, 2.24) is 5.16 Å². The van der Waals surface area contributed by atoms with Crippen LogP contribution in [0.4, 0.5) is 5.82 Å². The van der Waals surface area contributed by atoms with Crippen LogP contribution >= 0.6 is 15.9 Å². The third kappa shape index (κ3) is 3.03. The van der Waals surface area contributed by atoms with Gasteiger partial charge in [0.25, 0.3) is 5.78 Å². The van der Waals surface area contributed by atoms with Crippen molar-refractivity contribution >= 4 is 39.2 Å². The van der Waals surface area contributed by atoms with Crippen LogP contribution in [0.15, 0.2) is 75.2 Å². The number of carbonyl (C=O) groups excluding carboxylic acids is 2. The average Bonchev–Trinajstić information content (AvgIpc) is 3.24. The zero-order valence-corrected chi connectivity index (χ0v) is 16.4. The summed E-state index contributed by atoms with van der Waals surface area (Å²) in [4.78, 5) is 27.0. The first-order valence-electron chi connectivity index (χ1n) is 8.52. The number of anilines is 1. The monoisotopic (exact) mass is 438 g/mol. The van der Waals surface area contributed by atoms with E-state index in [0.29, 0.717) is 16.9 Å². The van der Waals surface area contributed by atoms with Crippen molar-refractivity contribution in [1.29, 1.82) is 0 Å². The Bertz CT molecular complexity index is 1090. The van der Waals surface area contributed by atoms with E-state index in [0.717, 1.165) is 4.47 Å². The summed E-state index contributed by atoms with van der Waals surface area (Å²) in [5.74, 6) is -1.03. The van der Waals surface area contributed by atoms with E-state index in [4.69, 9.17) is 4.52 Å². The Morgan fingerprint density at radius 3 is 2.39 bits per heavy atom. The van der Waals surface area contributed by atoms with Crippen LogP contribution in [0.3, 0.4) is 0 Å². The van der Waals surface area contributed by atoms with Gasteiger partial charge in [-0.3, -0.25) is 14.5 Å². The second-order valence-corrected chi connectivity index (χ2v) is 7.30. The average molecular weight is 439 g/mol. The molecule has 1 fully saturated rings. The number of halogens is 1. The number of aliphatic hydroxyl groups excluding tert-OH is 1. The van der Waals surface area contributed by atoms with Crippen LogP contribution in [0.1, 0.15) is 22.9 Å². The molecule has 1 aliphatic rings. The maximum atomic E-state index is 12.9. The lowest BCUT2D eigenvalue weighted by atomic mass is 9.95. The highest BCUT2D eigenvalue weighted by atomic mass is 79.9. The summed E-state index contributed by atoms with van der Waals surface area (Å²) < 4.78 is 5.93. The molecule has 1 N–H and O–H groups in total. The predicted octanol–water partition coefficient (Wildman–Crippen LogP) is 4.37. The van der Waals surface area contributed by atoms with Gasteiger partial charge in [0.15, 0.2) is 5.82 Å². The number of ketones is 1. The summed E-state index contributed by atoms with van der Waals surface area (Å²) in [6, 6.07) is 16.7. The molecule has 1 amide bonds. The second-order valence-electron chi connectivity index (χ2n) is 6.38. The molecule has 0 spiro atoms. The molecule has 1 unspecified atom stereocenters. The van der Waals surface area contributed by atoms with E-state index in [2.05, 4.69) is 21.1 Å². The second kappa shape index (κ2) is 7.09. The number of benzene rings is 2. The zero-order valence-electron chi connectivity index (χ0n) is 14.8. The number of aliphatic hydroxyl groups is 1. The van der Waals surface area contributed by atoms with E-state index in [9.17, 15) is 14.7 Å². The predicted molar refractivity (Wildman–Crippen MR) is 107 cm³/mol. The number of aromatic nitrogens is 1. The van der Waals surface area contributed by atoms with Crippen LogP contribution in [-0.2, 0) is 9.59 Å². The summed E-state index contributed by atoms with van der Waals surface area (Å²) in [5, 5.41) is 14.8. The molecule has 1 atom stereocenters. The quantitative estimate of drug-likeness (QED) is 0.372. The Morgan fingerprint density at radius 1 is 1.11 bits per heavy atom. The molecule has 0 radical (unpaired) electrons. The minimum Gasteiger partial charge on any atom is -0.507 e. The third-order valence-corrected chi connectivity index (χ3v) is 5.07. The van der Waals surface area contributed by atoms with E-state index in [1.807, 2.05) is 18.2 Å². The fraction of sp³-hybridized carbons (Fsp3) is 0.0952. The zero-order chi connectivity index (χ0) is 19.8. The first-order valence-corrected chi connectivity index (χ1v) is 9.32. The van der Waals surface area contributed by atoms with Gasteiger partial charge in [-0.2, -0.15) is 0 Å². The van der Waals surface area contributed by atoms with Crippen molar-refractivity contribution in [2.75, 3.05) is 4.90 Å². The van der Waals surface area contributed by atoms with Crippen molar-refractivity contribution in [3.05, 3.63) is 87.6 Å². The molecule has 1 saturated heterocycles. The molecule has 1 aromatic heterocycles. The molecule has 4 rings (SSSR count). The minimum absolute atomic E-state index is 0.0131. The number of amides is 1. The Morgan fingerprint density at radius 2 is 1.79 bits per heavy atom. The Labute approximate surface area is 169 Å². The number of rotatable bonds is 3. The lowest BCUT2D eigenvalue weighted by Crippen LogP contribution is -2.29. The van der Waals surface area contributed by atoms with Crippen LogP contribution in [0.2, 0.25) is 0 Å². The van der Waals surface area contributed by atoms with Gasteiger partial charge in [0.1, 0.15) is 11.5 Å². The SMILES string of the molecule is Cc1cc(N2C(=O)C(=O)/C(=C(/O)c3ccc(Br)cc3)C2c2ccccc2)no1. The Balaban J connectivity index is 1.93. The topological polar surface area (TPSA) is 83.6 Å². The minimum atomic E-state index is -0.811. The van der Waals surface area contributed by atoms with Crippen molar-refractivity contribution in [3.8, 4) is 0 Å². The van der Waals surface area contributed by atoms with Gasteiger partial charge in [-0.05, 0) is 24.6 Å². The molecule has 28 heavy (non-hydrogen) atoms. The normalized spacial score (nSPS) is 18.6. The Hall–Kier alpha value is -3.19. The van der Waals surface area contributed by atoms with Crippen molar-refractivity contribution < 1.29 is 19.2 Å². The maximum Gasteiger partial charge on any atom is 0.301 e. The number of Topliss-reactive ketones (excluding diaryl/α,β-unsaturated/α-hetero) is 1. The molecule has 6 nitrogen and oxygen atoms in total. The molecule has 1 aliphatic heterocycles. The number of nitrogens with zero attached hydrogens (tertiary/aromatic N) is 2. The molecular weight excluding hydrogens is 424 g/mol. The van der Waals surface area contributed by atoms with E-state index < -0.39 is 17.7 Å². The number of aryl methyl sites for hydroxylation is 1. The van der Waals surface area contributed by atoms with Gasteiger partial charge >= 0.3 is 5.91 Å². The largest absolute Gasteiger partial charge is 0.507 e. The van der Waals surface area contributed by atoms with Gasteiger partial charge in [0.05, 0.1) is 11.6 Å². The van der Waals surface area contributed by atoms with Crippen LogP contribution in [-0.4, -0.2) is 22.0 Å². The molecule has 0 bridgehead atoms. The van der Waals surface area contributed by atoms with E-state index in [-0.39, 0.29) is 17.2 Å². The molecule has 140 valence electrons. The molecule has 2 heterocycles. The summed E-state index contributed by atoms with van der Waals surface area (Å²) in [6.07, 6.45) is 0. The standard InChI is InChI=1S/C21H15BrN2O4/c1-12-11-16(23-28-12)24-18(13-5-3-2-4-6-13)17(20(26)21(24)27)19(25)14-7-9-15(22)10-8-14/h2-11,18,25H,1H3/b19-17+. The first kappa shape index (κ1) is 18.2. The lowest BCUT2D eigenvalue weighted by Gasteiger charge is -2.22. The van der Waals surface area contributed by atoms with Crippen molar-refractivity contribution in [3.63, 3.8) is 0 Å². The van der Waals surface area contributed by atoms with Gasteiger partial charge in [-0.15, -0.1) is 0 Å². The van der Waals surface area contributed by atoms with Gasteiger partial charge in [0, 0.05) is 16.1 Å². The molecular formula is C21H15BrN2O4. The highest BCUT2D eigenvalue weighted by molar-refractivity contribution is 9.10. The van der Waals surface area contributed by atoms with Gasteiger partial charge in [-0.25, -0.2) is 0 Å². The highest BCUT2D eigenvalue weighted by Crippen LogP contribution is 2.41. The summed E-state index contributed by atoms with van der Waals surface area (Å²) in [6.45, 7) is 1.70. The smallest absolute Gasteiger partial charge is 0.301 e. The highest BCUT2D eigenvalue weighted by Gasteiger charge is 2.48. The van der Waals surface area contributed by atoms with Crippen LogP contribution in [0.5, 0.6) is 0 Å². The van der Waals surface area contributed by atoms with E-state index in [1.54, 1.807) is 49.4 Å². The molecule has 0 saturated carbocycles. The molecule has 0 aliphatic carbocycles.